The molecule has 35 heavy (non-hydrogen) atoms. The minimum Gasteiger partial charge on any atom is -0.491 e. The first-order valence-corrected chi connectivity index (χ1v) is 13.5. The number of benzene rings is 2. The molecule has 0 fully saturated rings. The van der Waals surface area contributed by atoms with E-state index < -0.39 is 6.17 Å². The summed E-state index contributed by atoms with van der Waals surface area (Å²) in [6, 6.07) is 16.3. The fourth-order valence-corrected chi connectivity index (χ4v) is 4.19. The Morgan fingerprint density at radius 3 is 1.97 bits per heavy atom. The SMILES string of the molecule is CCCCCCCCC(F)COc1ccc(-c2ncc(-c3ccc(CCCCC)cc3)cn2)cc1. The summed E-state index contributed by atoms with van der Waals surface area (Å²) in [6.45, 7) is 4.55. The van der Waals surface area contributed by atoms with E-state index in [1.807, 2.05) is 36.7 Å². The maximum Gasteiger partial charge on any atom is 0.159 e. The highest BCUT2D eigenvalue weighted by Crippen LogP contribution is 2.23. The van der Waals surface area contributed by atoms with Crippen LogP contribution >= 0.6 is 0 Å². The highest BCUT2D eigenvalue weighted by molar-refractivity contribution is 5.64. The van der Waals surface area contributed by atoms with Crippen molar-refractivity contribution in [2.45, 2.75) is 90.6 Å². The van der Waals surface area contributed by atoms with Gasteiger partial charge >= 0.3 is 0 Å². The Labute approximate surface area is 211 Å². The van der Waals surface area contributed by atoms with Crippen molar-refractivity contribution in [3.63, 3.8) is 0 Å². The molecule has 3 nitrogen and oxygen atoms in total. The molecule has 0 aliphatic rings. The van der Waals surface area contributed by atoms with Gasteiger partial charge < -0.3 is 4.74 Å². The lowest BCUT2D eigenvalue weighted by atomic mass is 10.0. The monoisotopic (exact) mass is 476 g/mol. The Bertz CT molecular complexity index is 955. The van der Waals surface area contributed by atoms with Crippen LogP contribution in [-0.4, -0.2) is 22.7 Å². The number of hydrogen-bond donors (Lipinski definition) is 0. The number of aromatic nitrogens is 2. The third-order valence-electron chi connectivity index (χ3n) is 6.42. The third kappa shape index (κ3) is 9.43. The van der Waals surface area contributed by atoms with Gasteiger partial charge in [0.05, 0.1) is 0 Å². The second kappa shape index (κ2) is 15.3. The lowest BCUT2D eigenvalue weighted by Crippen LogP contribution is -2.12. The average Bonchev–Trinajstić information content (AvgIpc) is 2.90. The van der Waals surface area contributed by atoms with Crippen LogP contribution in [0.5, 0.6) is 5.75 Å². The van der Waals surface area contributed by atoms with Crippen molar-refractivity contribution >= 4 is 0 Å². The predicted octanol–water partition coefficient (Wildman–Crippen LogP) is 9.01. The molecule has 0 aliphatic carbocycles. The molecule has 2 aromatic carbocycles. The maximum atomic E-state index is 14.1. The zero-order chi connectivity index (χ0) is 24.7. The van der Waals surface area contributed by atoms with Crippen LogP contribution in [-0.2, 0) is 6.42 Å². The van der Waals surface area contributed by atoms with Crippen LogP contribution in [0.2, 0.25) is 0 Å². The summed E-state index contributed by atoms with van der Waals surface area (Å²) in [6.07, 6.45) is 15.3. The first-order valence-electron chi connectivity index (χ1n) is 13.5. The molecule has 0 saturated heterocycles. The summed E-state index contributed by atoms with van der Waals surface area (Å²) in [5.74, 6) is 1.35. The second-order valence-corrected chi connectivity index (χ2v) is 9.44. The van der Waals surface area contributed by atoms with Gasteiger partial charge in [-0.1, -0.05) is 89.5 Å². The van der Waals surface area contributed by atoms with E-state index in [2.05, 4.69) is 48.1 Å². The number of halogens is 1. The van der Waals surface area contributed by atoms with Crippen molar-refractivity contribution < 1.29 is 9.13 Å². The fourth-order valence-electron chi connectivity index (χ4n) is 4.19. The lowest BCUT2D eigenvalue weighted by Gasteiger charge is -2.11. The zero-order valence-electron chi connectivity index (χ0n) is 21.5. The van der Waals surface area contributed by atoms with Crippen LogP contribution in [0.25, 0.3) is 22.5 Å². The number of ether oxygens (including phenoxy) is 1. The van der Waals surface area contributed by atoms with Gasteiger partial charge in [-0.25, -0.2) is 14.4 Å². The summed E-state index contributed by atoms with van der Waals surface area (Å²) in [5.41, 5.74) is 4.43. The quantitative estimate of drug-likeness (QED) is 0.193. The molecule has 1 aromatic heterocycles. The van der Waals surface area contributed by atoms with Crippen molar-refractivity contribution in [3.05, 3.63) is 66.5 Å². The van der Waals surface area contributed by atoms with E-state index in [0.717, 1.165) is 36.0 Å². The van der Waals surface area contributed by atoms with Gasteiger partial charge in [0.15, 0.2) is 5.82 Å². The van der Waals surface area contributed by atoms with Gasteiger partial charge in [-0.05, 0) is 54.7 Å². The molecule has 188 valence electrons. The standard InChI is InChI=1S/C31H41FN2O/c1-3-5-7-8-9-11-13-29(32)24-35-30-20-18-27(19-21-30)31-33-22-28(23-34-31)26-16-14-25(15-17-26)12-10-6-4-2/h14-23,29H,3-13,24H2,1-2H3. The van der Waals surface area contributed by atoms with E-state index in [9.17, 15) is 4.39 Å². The highest BCUT2D eigenvalue weighted by Gasteiger charge is 2.09. The highest BCUT2D eigenvalue weighted by atomic mass is 19.1. The molecular formula is C31H41FN2O. The second-order valence-electron chi connectivity index (χ2n) is 9.44. The number of unbranched alkanes of at least 4 members (excludes halogenated alkanes) is 7. The molecule has 0 amide bonds. The van der Waals surface area contributed by atoms with Crippen molar-refractivity contribution in [2.75, 3.05) is 6.61 Å². The Balaban J connectivity index is 1.45. The molecule has 3 rings (SSSR count). The van der Waals surface area contributed by atoms with Gasteiger partial charge in [0.25, 0.3) is 0 Å². The molecule has 1 heterocycles. The van der Waals surface area contributed by atoms with Crippen molar-refractivity contribution in [1.82, 2.24) is 9.97 Å². The molecule has 4 heteroatoms. The Morgan fingerprint density at radius 2 is 1.29 bits per heavy atom. The van der Waals surface area contributed by atoms with Crippen molar-refractivity contribution in [1.29, 1.82) is 0 Å². The number of nitrogens with zero attached hydrogens (tertiary/aromatic N) is 2. The summed E-state index contributed by atoms with van der Waals surface area (Å²) in [5, 5.41) is 0. The fraction of sp³-hybridized carbons (Fsp3) is 0.484. The number of hydrogen-bond acceptors (Lipinski definition) is 3. The van der Waals surface area contributed by atoms with E-state index >= 15 is 0 Å². The Hall–Kier alpha value is -2.75. The topological polar surface area (TPSA) is 35.0 Å². The predicted molar refractivity (Wildman–Crippen MR) is 145 cm³/mol. The van der Waals surface area contributed by atoms with E-state index in [0.29, 0.717) is 18.0 Å². The molecule has 0 bridgehead atoms. The summed E-state index contributed by atoms with van der Waals surface area (Å²) in [4.78, 5) is 9.12. The van der Waals surface area contributed by atoms with Gasteiger partial charge in [-0.15, -0.1) is 0 Å². The van der Waals surface area contributed by atoms with Gasteiger partial charge in [0.1, 0.15) is 18.5 Å². The van der Waals surface area contributed by atoms with Gasteiger partial charge in [-0.3, -0.25) is 0 Å². The molecule has 1 atom stereocenters. The van der Waals surface area contributed by atoms with Crippen LogP contribution < -0.4 is 4.74 Å². The summed E-state index contributed by atoms with van der Waals surface area (Å²) in [7, 11) is 0. The van der Waals surface area contributed by atoms with Crippen LogP contribution in [0.1, 0.15) is 83.6 Å². The minimum absolute atomic E-state index is 0.108. The molecule has 0 radical (unpaired) electrons. The first kappa shape index (κ1) is 26.8. The third-order valence-corrected chi connectivity index (χ3v) is 6.42. The summed E-state index contributed by atoms with van der Waals surface area (Å²) < 4.78 is 19.8. The molecule has 1 unspecified atom stereocenters. The van der Waals surface area contributed by atoms with Crippen LogP contribution in [0, 0.1) is 0 Å². The number of alkyl halides is 1. The van der Waals surface area contributed by atoms with E-state index in [1.165, 1.54) is 50.5 Å². The van der Waals surface area contributed by atoms with Crippen molar-refractivity contribution in [2.24, 2.45) is 0 Å². The Morgan fingerprint density at radius 1 is 0.686 bits per heavy atom. The van der Waals surface area contributed by atoms with Crippen LogP contribution in [0.4, 0.5) is 4.39 Å². The minimum atomic E-state index is -0.915. The maximum absolute atomic E-state index is 14.1. The van der Waals surface area contributed by atoms with Crippen molar-refractivity contribution in [3.8, 4) is 28.3 Å². The molecular weight excluding hydrogens is 435 g/mol. The normalized spacial score (nSPS) is 12.0. The summed E-state index contributed by atoms with van der Waals surface area (Å²) >= 11 is 0. The van der Waals surface area contributed by atoms with Gasteiger partial charge in [-0.2, -0.15) is 0 Å². The Kier molecular flexibility index (Phi) is 11.7. The first-order chi connectivity index (χ1) is 17.2. The van der Waals surface area contributed by atoms with Crippen LogP contribution in [0.15, 0.2) is 60.9 Å². The number of aryl methyl sites for hydroxylation is 1. The largest absolute Gasteiger partial charge is 0.491 e. The van der Waals surface area contributed by atoms with Gasteiger partial charge in [0.2, 0.25) is 0 Å². The zero-order valence-corrected chi connectivity index (χ0v) is 21.5. The number of rotatable bonds is 16. The van der Waals surface area contributed by atoms with E-state index in [1.54, 1.807) is 0 Å². The lowest BCUT2D eigenvalue weighted by molar-refractivity contribution is 0.184. The molecule has 0 spiro atoms. The smallest absolute Gasteiger partial charge is 0.159 e. The van der Waals surface area contributed by atoms with E-state index in [-0.39, 0.29) is 6.61 Å². The molecule has 0 N–H and O–H groups in total. The van der Waals surface area contributed by atoms with E-state index in [4.69, 9.17) is 4.74 Å². The average molecular weight is 477 g/mol. The van der Waals surface area contributed by atoms with Crippen LogP contribution in [0.3, 0.4) is 0 Å². The molecule has 0 aliphatic heterocycles. The van der Waals surface area contributed by atoms with Gasteiger partial charge in [0, 0.05) is 23.5 Å². The molecule has 0 saturated carbocycles. The molecule has 3 aromatic rings.